The van der Waals surface area contributed by atoms with E-state index in [1.807, 2.05) is 4.98 Å². The maximum absolute atomic E-state index is 15.4. The average molecular weight is 600 g/mol. The van der Waals surface area contributed by atoms with Crippen LogP contribution in [0.15, 0.2) is 44.8 Å². The van der Waals surface area contributed by atoms with E-state index in [-0.39, 0.29) is 24.0 Å². The van der Waals surface area contributed by atoms with E-state index in [0.29, 0.717) is 0 Å². The molecular formula is C26H32F2N3O9P. The molecule has 1 aromatic heterocycles. The third kappa shape index (κ3) is 7.37. The predicted molar refractivity (Wildman–Crippen MR) is 140 cm³/mol. The van der Waals surface area contributed by atoms with Crippen molar-refractivity contribution in [2.45, 2.75) is 88.6 Å². The fourth-order valence-electron chi connectivity index (χ4n) is 4.75. The van der Waals surface area contributed by atoms with Crippen molar-refractivity contribution < 1.29 is 42.3 Å². The van der Waals surface area contributed by atoms with E-state index >= 15 is 4.39 Å². The van der Waals surface area contributed by atoms with Gasteiger partial charge in [-0.25, -0.2) is 18.4 Å². The van der Waals surface area contributed by atoms with Crippen LogP contribution in [0.3, 0.4) is 0 Å². The van der Waals surface area contributed by atoms with Gasteiger partial charge in [-0.05, 0) is 51.2 Å². The molecule has 0 amide bonds. The average Bonchev–Trinajstić information content (AvgIpc) is 3.15. The van der Waals surface area contributed by atoms with Crippen molar-refractivity contribution in [3.63, 3.8) is 0 Å². The van der Waals surface area contributed by atoms with E-state index < -0.39 is 68.0 Å². The molecular weight excluding hydrogens is 567 g/mol. The van der Waals surface area contributed by atoms with Gasteiger partial charge in [-0.2, -0.15) is 0 Å². The first-order valence-corrected chi connectivity index (χ1v) is 14.4. The number of nitrogens with zero attached hydrogens (tertiary/aromatic N) is 2. The molecule has 1 saturated carbocycles. The molecule has 224 valence electrons. The number of aromatic nitrogens is 2. The molecule has 2 aliphatic rings. The van der Waals surface area contributed by atoms with Crippen molar-refractivity contribution in [1.82, 2.24) is 9.55 Å². The molecule has 2 heterocycles. The number of aromatic amines is 1. The van der Waals surface area contributed by atoms with Crippen LogP contribution in [-0.4, -0.2) is 57.3 Å². The predicted octanol–water partition coefficient (Wildman–Crippen LogP) is 2.63. The maximum Gasteiger partial charge on any atom is 0.395 e. The summed E-state index contributed by atoms with van der Waals surface area (Å²) in [6, 6.07) is 3.06. The number of hydrogen-bond donors (Lipinski definition) is 2. The lowest BCUT2D eigenvalue weighted by Gasteiger charge is -2.24. The molecule has 12 nitrogen and oxygen atoms in total. The molecule has 1 saturated heterocycles. The summed E-state index contributed by atoms with van der Waals surface area (Å²) in [6.07, 6.45) is 0.907. The van der Waals surface area contributed by atoms with E-state index in [1.165, 1.54) is 0 Å². The summed E-state index contributed by atoms with van der Waals surface area (Å²) < 4.78 is 56.2. The fourth-order valence-corrected chi connectivity index (χ4v) is 5.60. The Morgan fingerprint density at radius 1 is 1.29 bits per heavy atom. The van der Waals surface area contributed by atoms with Gasteiger partial charge in [0.2, 0.25) is 5.75 Å². The summed E-state index contributed by atoms with van der Waals surface area (Å²) in [5.41, 5.74) is -4.11. The molecule has 1 aromatic carbocycles. The Morgan fingerprint density at radius 2 is 2.02 bits per heavy atom. The van der Waals surface area contributed by atoms with Crippen LogP contribution in [-0.2, 0) is 14.3 Å². The van der Waals surface area contributed by atoms with Gasteiger partial charge in [-0.3, -0.25) is 18.9 Å². The van der Waals surface area contributed by atoms with Crippen molar-refractivity contribution in [2.75, 3.05) is 6.61 Å². The van der Waals surface area contributed by atoms with Gasteiger partial charge in [0, 0.05) is 18.3 Å². The number of esters is 1. The van der Waals surface area contributed by atoms with Crippen LogP contribution in [0.4, 0.5) is 8.78 Å². The Kier molecular flexibility index (Phi) is 9.90. The molecule has 6 atom stereocenters. The Bertz CT molecular complexity index is 1380. The zero-order valence-corrected chi connectivity index (χ0v) is 23.4. The number of carbonyl (C=O) groups excluding carboxylic acids is 1. The normalized spacial score (nSPS) is 26.0. The standard InChI is InChI=1S/C26H32F2N3O9P/c1-3-17(23(34)38-16-7-5-4-6-8-16)30-41(36)40-18-10-9-15(27)13-19(18)37-14-20-22(33)26(2,28)24(39-20)31-12-11-21(32)29-25(31)35/h9-13,16-17,20,22,24,33H,3-8,14H2,1-2H3,(H,29,32,35)/t17-,20+,22+,24+,26+/m0/s1. The van der Waals surface area contributed by atoms with Gasteiger partial charge >= 0.3 is 19.8 Å². The molecule has 2 aromatic rings. The molecule has 1 aliphatic heterocycles. The zero-order valence-electron chi connectivity index (χ0n) is 22.5. The highest BCUT2D eigenvalue weighted by molar-refractivity contribution is 7.34. The second kappa shape index (κ2) is 13.2. The molecule has 0 radical (unpaired) electrons. The minimum absolute atomic E-state index is 0.185. The molecule has 15 heteroatoms. The smallest absolute Gasteiger partial charge is 0.395 e. The number of nitrogens with one attached hydrogen (secondary N) is 1. The van der Waals surface area contributed by atoms with Crippen LogP contribution >= 0.6 is 8.17 Å². The first-order chi connectivity index (χ1) is 19.5. The van der Waals surface area contributed by atoms with Crippen LogP contribution < -0.4 is 25.4 Å². The number of hydrogen-bond acceptors (Lipinski definition) is 10. The van der Waals surface area contributed by atoms with Crippen molar-refractivity contribution >= 4 is 14.1 Å². The number of ether oxygens (including phenoxy) is 3. The summed E-state index contributed by atoms with van der Waals surface area (Å²) >= 11 is 0. The topological polar surface area (TPSA) is 164 Å². The minimum Gasteiger partial charge on any atom is -0.575 e. The third-order valence-electron chi connectivity index (χ3n) is 7.03. The second-order valence-electron chi connectivity index (χ2n) is 10.1. The molecule has 0 bridgehead atoms. The summed E-state index contributed by atoms with van der Waals surface area (Å²) in [5, 5.41) is 10.6. The van der Waals surface area contributed by atoms with E-state index in [0.717, 1.165) is 74.1 Å². The monoisotopic (exact) mass is 599 g/mol. The van der Waals surface area contributed by atoms with E-state index in [4.69, 9.17) is 18.7 Å². The molecule has 1 aliphatic carbocycles. The quantitative estimate of drug-likeness (QED) is 0.309. The molecule has 2 fully saturated rings. The Balaban J connectivity index is 1.44. The van der Waals surface area contributed by atoms with Gasteiger partial charge < -0.3 is 24.2 Å². The molecule has 4 rings (SSSR count). The fraction of sp³-hybridized carbons (Fsp3) is 0.577. The van der Waals surface area contributed by atoms with E-state index in [9.17, 15) is 28.8 Å². The van der Waals surface area contributed by atoms with Gasteiger partial charge in [0.15, 0.2) is 23.7 Å². The largest absolute Gasteiger partial charge is 0.575 e. The summed E-state index contributed by atoms with van der Waals surface area (Å²) in [4.78, 5) is 50.8. The highest BCUT2D eigenvalue weighted by Gasteiger charge is 2.55. The maximum atomic E-state index is 15.4. The van der Waals surface area contributed by atoms with Gasteiger partial charge in [-0.15, -0.1) is 0 Å². The first-order valence-electron chi connectivity index (χ1n) is 13.3. The zero-order chi connectivity index (χ0) is 29.7. The lowest BCUT2D eigenvalue weighted by atomic mass is 9.98. The SMILES string of the molecule is CC[C@H](N=[P+]([O-])Oc1ccc(F)cc1OC[C@H]1O[C@@H](n2ccc(=O)[nH]c2=O)[C@](C)(F)[C@@H]1O)C(=O)OC1CCCCC1. The van der Waals surface area contributed by atoms with Crippen molar-refractivity contribution in [3.05, 3.63) is 57.1 Å². The molecule has 41 heavy (non-hydrogen) atoms. The van der Waals surface area contributed by atoms with Crippen molar-refractivity contribution in [3.8, 4) is 11.5 Å². The van der Waals surface area contributed by atoms with Gasteiger partial charge in [-0.1, -0.05) is 18.1 Å². The highest BCUT2D eigenvalue weighted by Crippen LogP contribution is 2.41. The number of aliphatic hydroxyl groups is 1. The van der Waals surface area contributed by atoms with Crippen molar-refractivity contribution in [2.24, 2.45) is 4.74 Å². The third-order valence-corrected chi connectivity index (χ3v) is 7.85. The molecule has 0 spiro atoms. The van der Waals surface area contributed by atoms with Gasteiger partial charge in [0.25, 0.3) is 5.56 Å². The Labute approximate surface area is 234 Å². The highest BCUT2D eigenvalue weighted by atomic mass is 31.1. The van der Waals surface area contributed by atoms with E-state index in [2.05, 4.69) is 4.74 Å². The Morgan fingerprint density at radius 3 is 2.71 bits per heavy atom. The number of benzene rings is 1. The Hall–Kier alpha value is -3.19. The lowest BCUT2D eigenvalue weighted by molar-refractivity contribution is -0.170. The van der Waals surface area contributed by atoms with E-state index in [1.54, 1.807) is 6.92 Å². The number of H-pyrrole nitrogens is 1. The van der Waals surface area contributed by atoms with Crippen LogP contribution in [0.1, 0.15) is 58.6 Å². The minimum atomic E-state index is -2.81. The summed E-state index contributed by atoms with van der Waals surface area (Å²) in [6.45, 7) is 2.19. The molecule has 2 N–H and O–H groups in total. The number of aliphatic hydroxyl groups excluding tert-OH is 1. The molecule has 1 unspecified atom stereocenters. The first kappa shape index (κ1) is 30.8. The number of alkyl halides is 1. The van der Waals surface area contributed by atoms with Gasteiger partial charge in [0.05, 0.1) is 0 Å². The number of halogens is 2. The van der Waals surface area contributed by atoms with Crippen LogP contribution in [0.5, 0.6) is 11.5 Å². The summed E-state index contributed by atoms with van der Waals surface area (Å²) in [7, 11) is -2.81. The number of carbonyl (C=O) groups is 1. The van der Waals surface area contributed by atoms with Crippen LogP contribution in [0.2, 0.25) is 0 Å². The number of rotatable bonds is 10. The second-order valence-corrected chi connectivity index (χ2v) is 11.0. The van der Waals surface area contributed by atoms with Crippen LogP contribution in [0.25, 0.3) is 0 Å². The summed E-state index contributed by atoms with van der Waals surface area (Å²) in [5.74, 6) is -1.76. The van der Waals surface area contributed by atoms with Gasteiger partial charge in [0.1, 0.15) is 30.7 Å². The van der Waals surface area contributed by atoms with Crippen molar-refractivity contribution in [1.29, 1.82) is 0 Å². The lowest BCUT2D eigenvalue weighted by Crippen LogP contribution is -2.43. The van der Waals surface area contributed by atoms with Crippen LogP contribution in [0, 0.1) is 5.82 Å².